The number of amides is 1. The fourth-order valence-corrected chi connectivity index (χ4v) is 3.07. The Kier molecular flexibility index (Phi) is 5.08. The highest BCUT2D eigenvalue weighted by atomic mass is 32.2. The molecule has 0 bridgehead atoms. The number of carbonyl (C=O) groups excluding carboxylic acids is 1. The van der Waals surface area contributed by atoms with E-state index in [9.17, 15) is 4.79 Å². The van der Waals surface area contributed by atoms with E-state index >= 15 is 0 Å². The zero-order chi connectivity index (χ0) is 12.8. The summed E-state index contributed by atoms with van der Waals surface area (Å²) < 4.78 is 0. The summed E-state index contributed by atoms with van der Waals surface area (Å²) >= 11 is 1.79. The minimum absolute atomic E-state index is 0.102. The molecule has 0 spiro atoms. The smallest absolute Gasteiger partial charge is 0.234 e. The van der Waals surface area contributed by atoms with Gasteiger partial charge in [-0.15, -0.1) is 11.8 Å². The van der Waals surface area contributed by atoms with E-state index in [-0.39, 0.29) is 5.91 Å². The number of para-hydroxylation sites is 1. The standard InChI is InChI=1S/C14H20N2OS/c1-16-9-7-13(8-10-16)18-11-14(17)15-12-5-3-2-4-6-12/h2-6,13H,7-11H2,1H3,(H,15,17). The van der Waals surface area contributed by atoms with Crippen LogP contribution in [0.25, 0.3) is 0 Å². The van der Waals surface area contributed by atoms with Gasteiger partial charge in [-0.25, -0.2) is 0 Å². The molecule has 1 N–H and O–H groups in total. The summed E-state index contributed by atoms with van der Waals surface area (Å²) in [6.45, 7) is 2.30. The number of carbonyl (C=O) groups is 1. The zero-order valence-corrected chi connectivity index (χ0v) is 11.6. The van der Waals surface area contributed by atoms with Crippen molar-refractivity contribution in [2.24, 2.45) is 0 Å². The van der Waals surface area contributed by atoms with Gasteiger partial charge in [0.05, 0.1) is 5.75 Å². The van der Waals surface area contributed by atoms with Crippen molar-refractivity contribution < 1.29 is 4.79 Å². The average Bonchev–Trinajstić information content (AvgIpc) is 2.39. The predicted molar refractivity (Wildman–Crippen MR) is 78.0 cm³/mol. The molecule has 2 rings (SSSR count). The fourth-order valence-electron chi connectivity index (χ4n) is 2.06. The molecule has 0 radical (unpaired) electrons. The van der Waals surface area contributed by atoms with Crippen molar-refractivity contribution in [1.29, 1.82) is 0 Å². The lowest BCUT2D eigenvalue weighted by Crippen LogP contribution is -2.32. The highest BCUT2D eigenvalue weighted by Crippen LogP contribution is 2.22. The molecule has 0 aromatic heterocycles. The van der Waals surface area contributed by atoms with Gasteiger partial charge in [0.1, 0.15) is 0 Å². The molecule has 1 amide bonds. The van der Waals surface area contributed by atoms with Gasteiger partial charge in [0.25, 0.3) is 0 Å². The van der Waals surface area contributed by atoms with Crippen LogP contribution in [0.15, 0.2) is 30.3 Å². The van der Waals surface area contributed by atoms with E-state index in [1.807, 2.05) is 30.3 Å². The number of anilines is 1. The Morgan fingerprint density at radius 2 is 2.00 bits per heavy atom. The third kappa shape index (κ3) is 4.35. The zero-order valence-electron chi connectivity index (χ0n) is 10.8. The first kappa shape index (κ1) is 13.4. The largest absolute Gasteiger partial charge is 0.325 e. The SMILES string of the molecule is CN1CCC(SCC(=O)Nc2ccccc2)CC1. The first-order valence-corrected chi connectivity index (χ1v) is 7.44. The number of hydrogen-bond donors (Lipinski definition) is 1. The molecule has 0 saturated carbocycles. The molecule has 1 aliphatic heterocycles. The second kappa shape index (κ2) is 6.81. The van der Waals surface area contributed by atoms with Crippen LogP contribution >= 0.6 is 11.8 Å². The molecular weight excluding hydrogens is 244 g/mol. The molecule has 98 valence electrons. The van der Waals surface area contributed by atoms with Crippen LogP contribution in [-0.2, 0) is 4.79 Å². The minimum atomic E-state index is 0.102. The highest BCUT2D eigenvalue weighted by molar-refractivity contribution is 8.00. The van der Waals surface area contributed by atoms with Gasteiger partial charge in [0.15, 0.2) is 0 Å². The second-order valence-corrected chi connectivity index (χ2v) is 6.02. The van der Waals surface area contributed by atoms with E-state index in [0.29, 0.717) is 11.0 Å². The second-order valence-electron chi connectivity index (χ2n) is 4.73. The van der Waals surface area contributed by atoms with Crippen molar-refractivity contribution in [2.75, 3.05) is 31.2 Å². The topological polar surface area (TPSA) is 32.3 Å². The third-order valence-electron chi connectivity index (χ3n) is 3.17. The van der Waals surface area contributed by atoms with E-state index in [0.717, 1.165) is 18.8 Å². The van der Waals surface area contributed by atoms with Crippen LogP contribution < -0.4 is 5.32 Å². The fraction of sp³-hybridized carbons (Fsp3) is 0.500. The highest BCUT2D eigenvalue weighted by Gasteiger charge is 2.17. The van der Waals surface area contributed by atoms with Gasteiger partial charge in [-0.3, -0.25) is 4.79 Å². The Morgan fingerprint density at radius 1 is 1.33 bits per heavy atom. The maximum absolute atomic E-state index is 11.8. The number of rotatable bonds is 4. The number of nitrogens with zero attached hydrogens (tertiary/aromatic N) is 1. The molecule has 1 fully saturated rings. The molecule has 1 aromatic rings. The molecule has 18 heavy (non-hydrogen) atoms. The Labute approximate surface area is 113 Å². The summed E-state index contributed by atoms with van der Waals surface area (Å²) in [5, 5.41) is 3.56. The van der Waals surface area contributed by atoms with Gasteiger partial charge in [0.2, 0.25) is 5.91 Å². The van der Waals surface area contributed by atoms with Crippen LogP contribution in [0.2, 0.25) is 0 Å². The maximum atomic E-state index is 11.8. The summed E-state index contributed by atoms with van der Waals surface area (Å²) in [5.41, 5.74) is 0.881. The Morgan fingerprint density at radius 3 is 2.67 bits per heavy atom. The van der Waals surface area contributed by atoms with Crippen LogP contribution in [0, 0.1) is 0 Å². The van der Waals surface area contributed by atoms with Gasteiger partial charge in [-0.2, -0.15) is 0 Å². The summed E-state index contributed by atoms with van der Waals surface area (Å²) in [6, 6.07) is 9.64. The Bertz CT molecular complexity index is 375. The van der Waals surface area contributed by atoms with Crippen LogP contribution in [0.5, 0.6) is 0 Å². The predicted octanol–water partition coefficient (Wildman–Crippen LogP) is 2.45. The molecule has 3 nitrogen and oxygen atoms in total. The summed E-state index contributed by atoms with van der Waals surface area (Å²) in [6.07, 6.45) is 2.39. The lowest BCUT2D eigenvalue weighted by molar-refractivity contribution is -0.113. The summed E-state index contributed by atoms with van der Waals surface area (Å²) in [5.74, 6) is 0.661. The number of hydrogen-bond acceptors (Lipinski definition) is 3. The molecule has 1 heterocycles. The van der Waals surface area contributed by atoms with Gasteiger partial charge in [0, 0.05) is 10.9 Å². The van der Waals surface area contributed by atoms with Crippen LogP contribution in [0.1, 0.15) is 12.8 Å². The monoisotopic (exact) mass is 264 g/mol. The van der Waals surface area contributed by atoms with Gasteiger partial charge >= 0.3 is 0 Å². The molecule has 0 atom stereocenters. The Balaban J connectivity index is 1.69. The maximum Gasteiger partial charge on any atom is 0.234 e. The molecule has 4 heteroatoms. The van der Waals surface area contributed by atoms with Crippen LogP contribution in [0.4, 0.5) is 5.69 Å². The first-order chi connectivity index (χ1) is 8.74. The number of likely N-dealkylation sites (tertiary alicyclic amines) is 1. The molecule has 1 aromatic carbocycles. The van der Waals surface area contributed by atoms with E-state index in [2.05, 4.69) is 17.3 Å². The van der Waals surface area contributed by atoms with Crippen LogP contribution in [-0.4, -0.2) is 41.9 Å². The lowest BCUT2D eigenvalue weighted by atomic mass is 10.1. The number of benzene rings is 1. The van der Waals surface area contributed by atoms with Crippen LogP contribution in [0.3, 0.4) is 0 Å². The van der Waals surface area contributed by atoms with Gasteiger partial charge in [-0.05, 0) is 45.1 Å². The van der Waals surface area contributed by atoms with Gasteiger partial charge < -0.3 is 10.2 Å². The first-order valence-electron chi connectivity index (χ1n) is 6.39. The summed E-state index contributed by atoms with van der Waals surface area (Å²) in [4.78, 5) is 14.1. The van der Waals surface area contributed by atoms with E-state index in [4.69, 9.17) is 0 Å². The summed E-state index contributed by atoms with van der Waals surface area (Å²) in [7, 11) is 2.16. The van der Waals surface area contributed by atoms with E-state index in [1.165, 1.54) is 12.8 Å². The molecule has 1 saturated heterocycles. The van der Waals surface area contributed by atoms with Crippen molar-refractivity contribution in [2.45, 2.75) is 18.1 Å². The molecule has 0 aliphatic carbocycles. The van der Waals surface area contributed by atoms with E-state index in [1.54, 1.807) is 11.8 Å². The number of thioether (sulfide) groups is 1. The van der Waals surface area contributed by atoms with Crippen molar-refractivity contribution in [3.05, 3.63) is 30.3 Å². The van der Waals surface area contributed by atoms with Crippen molar-refractivity contribution in [3.63, 3.8) is 0 Å². The third-order valence-corrected chi connectivity index (χ3v) is 4.54. The normalized spacial score (nSPS) is 17.6. The molecule has 1 aliphatic rings. The molecule has 0 unspecified atom stereocenters. The van der Waals surface area contributed by atoms with E-state index < -0.39 is 0 Å². The van der Waals surface area contributed by atoms with Crippen molar-refractivity contribution in [1.82, 2.24) is 4.90 Å². The number of nitrogens with one attached hydrogen (secondary N) is 1. The minimum Gasteiger partial charge on any atom is -0.325 e. The number of piperidine rings is 1. The average molecular weight is 264 g/mol. The molecular formula is C14H20N2OS. The lowest BCUT2D eigenvalue weighted by Gasteiger charge is -2.28. The van der Waals surface area contributed by atoms with Gasteiger partial charge in [-0.1, -0.05) is 18.2 Å². The quantitative estimate of drug-likeness (QED) is 0.906. The Hall–Kier alpha value is -1.00. The van der Waals surface area contributed by atoms with Crippen molar-refractivity contribution in [3.8, 4) is 0 Å². The van der Waals surface area contributed by atoms with Crippen molar-refractivity contribution >= 4 is 23.4 Å².